The van der Waals surface area contributed by atoms with Crippen molar-refractivity contribution in [3.8, 4) is 0 Å². The van der Waals surface area contributed by atoms with E-state index in [0.717, 1.165) is 5.56 Å². The van der Waals surface area contributed by atoms with Crippen LogP contribution < -0.4 is 5.32 Å². The highest BCUT2D eigenvalue weighted by atomic mass is 16.5. The van der Waals surface area contributed by atoms with Crippen LogP contribution in [0, 0.1) is 5.41 Å². The number of carbonyl (C=O) groups excluding carboxylic acids is 1. The molecule has 1 rings (SSSR count). The van der Waals surface area contributed by atoms with E-state index >= 15 is 0 Å². The van der Waals surface area contributed by atoms with Gasteiger partial charge in [-0.1, -0.05) is 43.3 Å². The van der Waals surface area contributed by atoms with Crippen molar-refractivity contribution in [1.82, 2.24) is 5.32 Å². The number of hydrogen-bond donors (Lipinski definition) is 2. The summed E-state index contributed by atoms with van der Waals surface area (Å²) in [4.78, 5) is 11.5. The summed E-state index contributed by atoms with van der Waals surface area (Å²) >= 11 is 0. The Bertz CT molecular complexity index is 405. The molecule has 0 saturated carbocycles. The molecule has 1 unspecified atom stereocenters. The van der Waals surface area contributed by atoms with Gasteiger partial charge in [0.1, 0.15) is 6.61 Å². The maximum Gasteiger partial charge on any atom is 0.407 e. The molecule has 0 fully saturated rings. The van der Waals surface area contributed by atoms with E-state index in [2.05, 4.69) is 11.9 Å². The van der Waals surface area contributed by atoms with Gasteiger partial charge in [-0.05, 0) is 12.0 Å². The van der Waals surface area contributed by atoms with E-state index in [0.29, 0.717) is 13.0 Å². The van der Waals surface area contributed by atoms with Gasteiger partial charge in [-0.3, -0.25) is 0 Å². The van der Waals surface area contributed by atoms with Gasteiger partial charge < -0.3 is 15.2 Å². The molecule has 0 aliphatic carbocycles. The molecule has 2 N–H and O–H groups in total. The van der Waals surface area contributed by atoms with Crippen LogP contribution >= 0.6 is 0 Å². The first kappa shape index (κ1) is 15.2. The second-order valence-electron chi connectivity index (χ2n) is 4.88. The second-order valence-corrected chi connectivity index (χ2v) is 4.88. The van der Waals surface area contributed by atoms with Gasteiger partial charge in [0.15, 0.2) is 0 Å². The van der Waals surface area contributed by atoms with Crippen LogP contribution in [0.15, 0.2) is 43.0 Å². The summed E-state index contributed by atoms with van der Waals surface area (Å²) in [6, 6.07) is 9.48. The van der Waals surface area contributed by atoms with Crippen LogP contribution in [-0.4, -0.2) is 24.4 Å². The lowest BCUT2D eigenvalue weighted by Gasteiger charge is -2.25. The van der Waals surface area contributed by atoms with Gasteiger partial charge in [-0.2, -0.15) is 0 Å². The molecule has 1 amide bonds. The zero-order valence-electron chi connectivity index (χ0n) is 11.3. The SMILES string of the molecule is C=CCC(C)(CO)CNC(=O)OCc1ccccc1. The lowest BCUT2D eigenvalue weighted by molar-refractivity contribution is 0.117. The molecule has 4 heteroatoms. The molecule has 0 saturated heterocycles. The second kappa shape index (κ2) is 7.59. The van der Waals surface area contributed by atoms with Gasteiger partial charge in [0, 0.05) is 12.0 Å². The number of benzene rings is 1. The average molecular weight is 263 g/mol. The minimum absolute atomic E-state index is 0.0159. The Morgan fingerprint density at radius 1 is 1.47 bits per heavy atom. The number of aliphatic hydroxyl groups excluding tert-OH is 1. The highest BCUT2D eigenvalue weighted by Gasteiger charge is 2.22. The molecule has 0 aliphatic heterocycles. The third-order valence-corrected chi connectivity index (χ3v) is 2.89. The Hall–Kier alpha value is -1.81. The van der Waals surface area contributed by atoms with Gasteiger partial charge in [0.2, 0.25) is 0 Å². The van der Waals surface area contributed by atoms with Crippen molar-refractivity contribution < 1.29 is 14.6 Å². The van der Waals surface area contributed by atoms with Crippen LogP contribution in [0.4, 0.5) is 4.79 Å². The Morgan fingerprint density at radius 3 is 2.74 bits per heavy atom. The highest BCUT2D eigenvalue weighted by Crippen LogP contribution is 2.19. The van der Waals surface area contributed by atoms with Crippen molar-refractivity contribution in [2.24, 2.45) is 5.41 Å². The summed E-state index contributed by atoms with van der Waals surface area (Å²) in [5, 5.41) is 12.0. The largest absolute Gasteiger partial charge is 0.445 e. The minimum atomic E-state index is -0.479. The molecule has 0 radical (unpaired) electrons. The number of ether oxygens (including phenoxy) is 1. The minimum Gasteiger partial charge on any atom is -0.445 e. The first-order valence-electron chi connectivity index (χ1n) is 6.26. The van der Waals surface area contributed by atoms with Crippen LogP contribution in [0.2, 0.25) is 0 Å². The van der Waals surface area contributed by atoms with Crippen molar-refractivity contribution in [1.29, 1.82) is 0 Å². The Balaban J connectivity index is 2.33. The normalized spacial score (nSPS) is 13.4. The molecule has 1 aromatic carbocycles. The van der Waals surface area contributed by atoms with Gasteiger partial charge in [0.25, 0.3) is 0 Å². The Kier molecular flexibility index (Phi) is 6.09. The van der Waals surface area contributed by atoms with Crippen LogP contribution in [0.3, 0.4) is 0 Å². The van der Waals surface area contributed by atoms with Crippen molar-refractivity contribution in [3.63, 3.8) is 0 Å². The summed E-state index contributed by atoms with van der Waals surface area (Å²) in [7, 11) is 0. The van der Waals surface area contributed by atoms with E-state index in [9.17, 15) is 9.90 Å². The molecule has 4 nitrogen and oxygen atoms in total. The van der Waals surface area contributed by atoms with Gasteiger partial charge >= 0.3 is 6.09 Å². The summed E-state index contributed by atoms with van der Waals surface area (Å²) in [6.45, 7) is 6.10. The molecular formula is C15H21NO3. The summed E-state index contributed by atoms with van der Waals surface area (Å²) in [5.41, 5.74) is 0.543. The van der Waals surface area contributed by atoms with E-state index in [4.69, 9.17) is 4.74 Å². The predicted molar refractivity (Wildman–Crippen MR) is 74.6 cm³/mol. The molecule has 104 valence electrons. The quantitative estimate of drug-likeness (QED) is 0.743. The fourth-order valence-corrected chi connectivity index (χ4v) is 1.60. The molecule has 0 spiro atoms. The molecule has 0 bridgehead atoms. The lowest BCUT2D eigenvalue weighted by Crippen LogP contribution is -2.38. The Morgan fingerprint density at radius 2 is 2.16 bits per heavy atom. The molecule has 0 heterocycles. The number of carbonyl (C=O) groups is 1. The molecular weight excluding hydrogens is 242 g/mol. The molecule has 1 aromatic rings. The third-order valence-electron chi connectivity index (χ3n) is 2.89. The van der Waals surface area contributed by atoms with Crippen molar-refractivity contribution >= 4 is 6.09 Å². The van der Waals surface area contributed by atoms with E-state index in [1.54, 1.807) is 6.08 Å². The lowest BCUT2D eigenvalue weighted by atomic mass is 9.88. The van der Waals surface area contributed by atoms with Gasteiger partial charge in [0.05, 0.1) is 6.61 Å². The maximum absolute atomic E-state index is 11.5. The zero-order valence-corrected chi connectivity index (χ0v) is 11.3. The van der Waals surface area contributed by atoms with E-state index in [1.165, 1.54) is 0 Å². The monoisotopic (exact) mass is 263 g/mol. The number of aliphatic hydroxyl groups is 1. The first-order chi connectivity index (χ1) is 9.09. The van der Waals surface area contributed by atoms with E-state index in [1.807, 2.05) is 37.3 Å². The number of hydrogen-bond acceptors (Lipinski definition) is 3. The van der Waals surface area contributed by atoms with Crippen LogP contribution in [0.1, 0.15) is 18.9 Å². The van der Waals surface area contributed by atoms with Gasteiger partial charge in [-0.15, -0.1) is 6.58 Å². The Labute approximate surface area is 114 Å². The topological polar surface area (TPSA) is 58.6 Å². The van der Waals surface area contributed by atoms with Crippen LogP contribution in [0.5, 0.6) is 0 Å². The number of amides is 1. The average Bonchev–Trinajstić information content (AvgIpc) is 2.44. The zero-order chi connectivity index (χ0) is 14.1. The molecule has 19 heavy (non-hydrogen) atoms. The summed E-state index contributed by atoms with van der Waals surface area (Å²) in [6.07, 6.45) is 1.88. The van der Waals surface area contributed by atoms with Crippen molar-refractivity contribution in [2.45, 2.75) is 20.0 Å². The van der Waals surface area contributed by atoms with E-state index in [-0.39, 0.29) is 13.2 Å². The fraction of sp³-hybridized carbons (Fsp3) is 0.400. The summed E-state index contributed by atoms with van der Waals surface area (Å²) < 4.78 is 5.09. The smallest absolute Gasteiger partial charge is 0.407 e. The predicted octanol–water partition coefficient (Wildman–Crippen LogP) is 2.49. The maximum atomic E-state index is 11.5. The summed E-state index contributed by atoms with van der Waals surface area (Å²) in [5.74, 6) is 0. The molecule has 0 aliphatic rings. The van der Waals surface area contributed by atoms with Gasteiger partial charge in [-0.25, -0.2) is 4.79 Å². The highest BCUT2D eigenvalue weighted by molar-refractivity contribution is 5.67. The standard InChI is InChI=1S/C15H21NO3/c1-3-9-15(2,12-17)11-16-14(18)19-10-13-7-5-4-6-8-13/h3-8,17H,1,9-12H2,2H3,(H,16,18). The number of allylic oxidation sites excluding steroid dienone is 1. The fourth-order valence-electron chi connectivity index (χ4n) is 1.60. The number of rotatable bonds is 7. The van der Waals surface area contributed by atoms with Crippen LogP contribution in [0.25, 0.3) is 0 Å². The van der Waals surface area contributed by atoms with Crippen molar-refractivity contribution in [2.75, 3.05) is 13.2 Å². The van der Waals surface area contributed by atoms with Crippen LogP contribution in [-0.2, 0) is 11.3 Å². The van der Waals surface area contributed by atoms with E-state index < -0.39 is 11.5 Å². The molecule has 1 atom stereocenters. The third kappa shape index (κ3) is 5.57. The van der Waals surface area contributed by atoms with Crippen molar-refractivity contribution in [3.05, 3.63) is 48.6 Å². The number of nitrogens with one attached hydrogen (secondary N) is 1. The number of alkyl carbamates (subject to hydrolysis) is 1. The first-order valence-corrected chi connectivity index (χ1v) is 6.26. The molecule has 0 aromatic heterocycles.